The summed E-state index contributed by atoms with van der Waals surface area (Å²) in [7, 11) is -3.74. The summed E-state index contributed by atoms with van der Waals surface area (Å²) in [5.74, 6) is -0.478. The van der Waals surface area contributed by atoms with Crippen LogP contribution in [0.1, 0.15) is 17.3 Å². The number of sulfonamides is 1. The molecule has 1 heterocycles. The number of anilines is 2. The lowest BCUT2D eigenvalue weighted by Crippen LogP contribution is -2.30. The van der Waals surface area contributed by atoms with Crippen molar-refractivity contribution in [3.05, 3.63) is 66.6 Å². The Kier molecular flexibility index (Phi) is 4.99. The van der Waals surface area contributed by atoms with Crippen LogP contribution in [0.15, 0.2) is 70.3 Å². The maximum absolute atomic E-state index is 12.9. The van der Waals surface area contributed by atoms with Crippen molar-refractivity contribution < 1.29 is 17.6 Å². The third-order valence-electron chi connectivity index (χ3n) is 3.62. The van der Waals surface area contributed by atoms with Gasteiger partial charge in [-0.3, -0.25) is 14.4 Å². The van der Waals surface area contributed by atoms with E-state index in [0.717, 1.165) is 6.39 Å². The average molecular weight is 372 g/mol. The highest BCUT2D eigenvalue weighted by molar-refractivity contribution is 7.92. The Hall–Kier alpha value is -3.20. The first-order chi connectivity index (χ1) is 12.5. The van der Waals surface area contributed by atoms with E-state index < -0.39 is 15.9 Å². The van der Waals surface area contributed by atoms with E-state index in [2.05, 4.69) is 15.5 Å². The maximum atomic E-state index is 12.9. The molecule has 0 aliphatic heterocycles. The van der Waals surface area contributed by atoms with Gasteiger partial charge in [-0.2, -0.15) is 0 Å². The summed E-state index contributed by atoms with van der Waals surface area (Å²) < 4.78 is 31.9. The first-order valence-electron chi connectivity index (χ1n) is 7.77. The molecular formula is C17H16N4O4S. The van der Waals surface area contributed by atoms with E-state index in [4.69, 9.17) is 4.42 Å². The number of rotatable bonds is 6. The fraction of sp³-hybridized carbons (Fsp3) is 0.118. The summed E-state index contributed by atoms with van der Waals surface area (Å²) in [5, 5.41) is 9.43. The molecule has 134 valence electrons. The van der Waals surface area contributed by atoms with Crippen LogP contribution in [0.25, 0.3) is 0 Å². The molecule has 0 aliphatic rings. The fourth-order valence-electron chi connectivity index (χ4n) is 2.39. The summed E-state index contributed by atoms with van der Waals surface area (Å²) >= 11 is 0. The largest absolute Gasteiger partial charge is 0.411 e. The molecule has 0 unspecified atom stereocenters. The van der Waals surface area contributed by atoms with E-state index in [0.29, 0.717) is 5.69 Å². The Bertz CT molecular complexity index is 971. The number of carbonyl (C=O) groups is 1. The third-order valence-corrected chi connectivity index (χ3v) is 5.53. The van der Waals surface area contributed by atoms with Crippen LogP contribution in [0.2, 0.25) is 0 Å². The van der Waals surface area contributed by atoms with Gasteiger partial charge in [-0.15, -0.1) is 5.10 Å². The number of benzene rings is 2. The Morgan fingerprint density at radius 3 is 2.38 bits per heavy atom. The lowest BCUT2D eigenvalue weighted by atomic mass is 10.2. The summed E-state index contributed by atoms with van der Waals surface area (Å²) in [6.07, 6.45) is 1.09. The number of hydrogen-bond donors (Lipinski definition) is 1. The van der Waals surface area contributed by atoms with Gasteiger partial charge in [0.2, 0.25) is 6.39 Å². The molecule has 0 atom stereocenters. The summed E-state index contributed by atoms with van der Waals surface area (Å²) in [5.41, 5.74) is 0.845. The topological polar surface area (TPSA) is 105 Å². The quantitative estimate of drug-likeness (QED) is 0.713. The molecule has 3 aromatic rings. The normalized spacial score (nSPS) is 11.1. The number of amides is 1. The zero-order valence-corrected chi connectivity index (χ0v) is 14.7. The molecule has 3 rings (SSSR count). The summed E-state index contributed by atoms with van der Waals surface area (Å²) in [4.78, 5) is 12.2. The highest BCUT2D eigenvalue weighted by Crippen LogP contribution is 2.23. The van der Waals surface area contributed by atoms with Crippen molar-refractivity contribution >= 4 is 27.6 Å². The van der Waals surface area contributed by atoms with Gasteiger partial charge in [0, 0.05) is 12.1 Å². The van der Waals surface area contributed by atoms with Crippen molar-refractivity contribution in [3.63, 3.8) is 0 Å². The first-order valence-corrected chi connectivity index (χ1v) is 9.21. The molecule has 1 aromatic heterocycles. The lowest BCUT2D eigenvalue weighted by Gasteiger charge is -2.22. The van der Waals surface area contributed by atoms with Crippen molar-refractivity contribution in [1.29, 1.82) is 0 Å². The van der Waals surface area contributed by atoms with E-state index in [-0.39, 0.29) is 23.0 Å². The van der Waals surface area contributed by atoms with Crippen LogP contribution in [-0.2, 0) is 10.0 Å². The van der Waals surface area contributed by atoms with Gasteiger partial charge in [0.15, 0.2) is 0 Å². The van der Waals surface area contributed by atoms with E-state index >= 15 is 0 Å². The molecule has 0 radical (unpaired) electrons. The molecular weight excluding hydrogens is 356 g/mol. The van der Waals surface area contributed by atoms with E-state index in [1.807, 2.05) is 6.07 Å². The molecule has 0 saturated heterocycles. The Morgan fingerprint density at radius 2 is 1.81 bits per heavy atom. The molecule has 1 amide bonds. The highest BCUT2D eigenvalue weighted by Gasteiger charge is 2.23. The van der Waals surface area contributed by atoms with Crippen molar-refractivity contribution in [1.82, 2.24) is 10.2 Å². The van der Waals surface area contributed by atoms with Gasteiger partial charge in [-0.25, -0.2) is 8.42 Å². The number of hydrogen-bond acceptors (Lipinski definition) is 6. The SMILES string of the molecule is CCN(c1ccccc1)S(=O)(=O)c1ccc(C(=O)Nc2nnco2)cc1. The molecule has 26 heavy (non-hydrogen) atoms. The van der Waals surface area contributed by atoms with E-state index in [9.17, 15) is 13.2 Å². The van der Waals surface area contributed by atoms with E-state index in [1.54, 1.807) is 31.2 Å². The van der Waals surface area contributed by atoms with Crippen LogP contribution >= 0.6 is 0 Å². The van der Waals surface area contributed by atoms with Crippen molar-refractivity contribution in [3.8, 4) is 0 Å². The monoisotopic (exact) mass is 372 g/mol. The van der Waals surface area contributed by atoms with Crippen LogP contribution in [0.5, 0.6) is 0 Å². The van der Waals surface area contributed by atoms with E-state index in [1.165, 1.54) is 28.6 Å². The van der Waals surface area contributed by atoms with Gasteiger partial charge in [0.05, 0.1) is 10.6 Å². The maximum Gasteiger partial charge on any atom is 0.322 e. The van der Waals surface area contributed by atoms with Crippen LogP contribution in [0, 0.1) is 0 Å². The van der Waals surface area contributed by atoms with Crippen molar-refractivity contribution in [2.45, 2.75) is 11.8 Å². The minimum Gasteiger partial charge on any atom is -0.411 e. The van der Waals surface area contributed by atoms with Crippen LogP contribution < -0.4 is 9.62 Å². The Morgan fingerprint density at radius 1 is 1.12 bits per heavy atom. The molecule has 0 aliphatic carbocycles. The fourth-order valence-corrected chi connectivity index (χ4v) is 3.86. The van der Waals surface area contributed by atoms with Crippen LogP contribution in [0.4, 0.5) is 11.7 Å². The van der Waals surface area contributed by atoms with Crippen molar-refractivity contribution in [2.75, 3.05) is 16.2 Å². The first kappa shape index (κ1) is 17.6. The number of nitrogens with zero attached hydrogens (tertiary/aromatic N) is 3. The predicted octanol–water partition coefficient (Wildman–Crippen LogP) is 2.54. The van der Waals surface area contributed by atoms with Crippen LogP contribution in [-0.4, -0.2) is 31.1 Å². The van der Waals surface area contributed by atoms with Gasteiger partial charge >= 0.3 is 6.01 Å². The smallest absolute Gasteiger partial charge is 0.322 e. The number of aromatic nitrogens is 2. The summed E-state index contributed by atoms with van der Waals surface area (Å²) in [6.45, 7) is 2.04. The van der Waals surface area contributed by atoms with Crippen molar-refractivity contribution in [2.24, 2.45) is 0 Å². The van der Waals surface area contributed by atoms with Gasteiger partial charge in [-0.1, -0.05) is 23.3 Å². The number of nitrogens with one attached hydrogen (secondary N) is 1. The molecule has 0 fully saturated rings. The molecule has 0 bridgehead atoms. The second kappa shape index (κ2) is 7.36. The average Bonchev–Trinajstić information content (AvgIpc) is 3.16. The second-order valence-electron chi connectivity index (χ2n) is 5.23. The number of carbonyl (C=O) groups excluding carboxylic acids is 1. The predicted molar refractivity (Wildman–Crippen MR) is 95.3 cm³/mol. The van der Waals surface area contributed by atoms with Crippen LogP contribution in [0.3, 0.4) is 0 Å². The Balaban J connectivity index is 1.83. The zero-order valence-electron chi connectivity index (χ0n) is 13.9. The van der Waals surface area contributed by atoms with Gasteiger partial charge in [0.1, 0.15) is 0 Å². The molecule has 0 saturated carbocycles. The molecule has 0 spiro atoms. The second-order valence-corrected chi connectivity index (χ2v) is 7.09. The highest BCUT2D eigenvalue weighted by atomic mass is 32.2. The van der Waals surface area contributed by atoms with Gasteiger partial charge in [0.25, 0.3) is 15.9 Å². The Labute approximate surface area is 150 Å². The van der Waals surface area contributed by atoms with Gasteiger partial charge in [-0.05, 0) is 43.3 Å². The third kappa shape index (κ3) is 3.57. The molecule has 9 heteroatoms. The zero-order chi connectivity index (χ0) is 18.6. The standard InChI is InChI=1S/C17H16N4O4S/c1-2-21(14-6-4-3-5-7-14)26(23,24)15-10-8-13(9-11-15)16(22)19-17-20-18-12-25-17/h3-12H,2H2,1H3,(H,19,20,22). The van der Waals surface area contributed by atoms with Gasteiger partial charge < -0.3 is 4.42 Å². The number of para-hydroxylation sites is 1. The summed E-state index contributed by atoms with van der Waals surface area (Å²) in [6, 6.07) is 14.4. The molecule has 8 nitrogen and oxygen atoms in total. The molecule has 2 aromatic carbocycles. The lowest BCUT2D eigenvalue weighted by molar-refractivity contribution is 0.102. The minimum atomic E-state index is -3.74. The molecule has 1 N–H and O–H groups in total. The minimum absolute atomic E-state index is 0.0343.